The lowest BCUT2D eigenvalue weighted by atomic mass is 9.87. The van der Waals surface area contributed by atoms with Gasteiger partial charge in [-0.25, -0.2) is 9.69 Å². The highest BCUT2D eigenvalue weighted by Crippen LogP contribution is 2.36. The number of ether oxygens (including phenoxy) is 1. The zero-order valence-corrected chi connectivity index (χ0v) is 24.0. The average Bonchev–Trinajstić information content (AvgIpc) is 3.25. The van der Waals surface area contributed by atoms with Crippen molar-refractivity contribution in [3.05, 3.63) is 63.6 Å². The molecule has 0 bridgehead atoms. The number of halogens is 2. The lowest BCUT2D eigenvalue weighted by Gasteiger charge is -2.44. The molecular formula is C31H34Cl2N2O5. The molecule has 212 valence electrons. The monoisotopic (exact) mass is 584 g/mol. The SMILES string of the molecule is O=C(OCC(=O)c1ccc(Cl)cc1Cl)c1ccc(N2C(=O)CC(N(C3CCCCC3)C3CCCCC3)C2=O)cc1. The van der Waals surface area contributed by atoms with Crippen molar-refractivity contribution < 1.29 is 23.9 Å². The summed E-state index contributed by atoms with van der Waals surface area (Å²) in [7, 11) is 0. The summed E-state index contributed by atoms with van der Waals surface area (Å²) in [6, 6.07) is 10.9. The molecule has 1 aliphatic heterocycles. The van der Waals surface area contributed by atoms with Gasteiger partial charge in [-0.1, -0.05) is 61.7 Å². The van der Waals surface area contributed by atoms with Crippen molar-refractivity contribution >= 4 is 52.5 Å². The summed E-state index contributed by atoms with van der Waals surface area (Å²) in [6.45, 7) is -0.481. The number of rotatable bonds is 8. The van der Waals surface area contributed by atoms with E-state index in [9.17, 15) is 19.2 Å². The largest absolute Gasteiger partial charge is 0.454 e. The number of imide groups is 1. The topological polar surface area (TPSA) is 84.0 Å². The highest BCUT2D eigenvalue weighted by atomic mass is 35.5. The molecule has 1 atom stereocenters. The first-order chi connectivity index (χ1) is 19.3. The number of carbonyl (C=O) groups excluding carboxylic acids is 4. The van der Waals surface area contributed by atoms with Gasteiger partial charge in [-0.2, -0.15) is 0 Å². The number of hydrogen-bond donors (Lipinski definition) is 0. The Morgan fingerprint density at radius 1 is 0.850 bits per heavy atom. The predicted molar refractivity (Wildman–Crippen MR) is 154 cm³/mol. The molecule has 2 saturated carbocycles. The zero-order valence-electron chi connectivity index (χ0n) is 22.5. The van der Waals surface area contributed by atoms with Gasteiger partial charge in [0.1, 0.15) is 0 Å². The van der Waals surface area contributed by atoms with E-state index in [1.54, 1.807) is 12.1 Å². The second-order valence-electron chi connectivity index (χ2n) is 11.0. The number of benzene rings is 2. The molecular weight excluding hydrogens is 551 g/mol. The molecule has 3 fully saturated rings. The van der Waals surface area contributed by atoms with Crippen molar-refractivity contribution in [2.45, 2.75) is 88.8 Å². The molecule has 0 aromatic heterocycles. The van der Waals surface area contributed by atoms with Crippen molar-refractivity contribution in [1.82, 2.24) is 4.90 Å². The number of Topliss-reactive ketones (excluding diaryl/α,β-unsaturated/α-hetero) is 1. The Labute approximate surface area is 244 Å². The Morgan fingerprint density at radius 2 is 1.45 bits per heavy atom. The quantitative estimate of drug-likeness (QED) is 0.196. The molecule has 0 N–H and O–H groups in total. The second kappa shape index (κ2) is 12.8. The van der Waals surface area contributed by atoms with Gasteiger partial charge in [-0.15, -0.1) is 0 Å². The Balaban J connectivity index is 1.25. The van der Waals surface area contributed by atoms with Gasteiger partial charge in [0, 0.05) is 22.7 Å². The summed E-state index contributed by atoms with van der Waals surface area (Å²) in [5.41, 5.74) is 0.857. The van der Waals surface area contributed by atoms with E-state index < -0.39 is 24.4 Å². The second-order valence-corrected chi connectivity index (χ2v) is 11.8. The van der Waals surface area contributed by atoms with E-state index >= 15 is 0 Å². The van der Waals surface area contributed by atoms with Gasteiger partial charge in [0.2, 0.25) is 11.7 Å². The maximum atomic E-state index is 13.7. The van der Waals surface area contributed by atoms with Gasteiger partial charge in [0.15, 0.2) is 6.61 Å². The molecule has 2 aromatic carbocycles. The predicted octanol–water partition coefficient (Wildman–Crippen LogP) is 6.63. The lowest BCUT2D eigenvalue weighted by Crippen LogP contribution is -2.53. The fraction of sp³-hybridized carbons (Fsp3) is 0.484. The lowest BCUT2D eigenvalue weighted by molar-refractivity contribution is -0.124. The molecule has 1 heterocycles. The van der Waals surface area contributed by atoms with Crippen molar-refractivity contribution in [3.8, 4) is 0 Å². The van der Waals surface area contributed by atoms with E-state index in [0.717, 1.165) is 25.7 Å². The third kappa shape index (κ3) is 6.27. The summed E-state index contributed by atoms with van der Waals surface area (Å²) in [5.74, 6) is -1.54. The standard InChI is InChI=1S/C31H34Cl2N2O5/c32-21-13-16-25(26(33)17-21)28(36)19-40-31(39)20-11-14-24(15-12-20)35-29(37)18-27(30(35)38)34(22-7-3-1-4-8-22)23-9-5-2-6-10-23/h11-17,22-23,27H,1-10,18-19H2. The fourth-order valence-electron chi connectivity index (χ4n) is 6.44. The Hall–Kier alpha value is -2.74. The summed E-state index contributed by atoms with van der Waals surface area (Å²) in [5, 5.41) is 0.581. The Kier molecular flexibility index (Phi) is 9.24. The van der Waals surface area contributed by atoms with E-state index in [-0.39, 0.29) is 34.4 Å². The van der Waals surface area contributed by atoms with E-state index in [2.05, 4.69) is 4.90 Å². The molecule has 3 aliphatic rings. The molecule has 1 unspecified atom stereocenters. The Morgan fingerprint density at radius 3 is 2.02 bits per heavy atom. The fourth-order valence-corrected chi connectivity index (χ4v) is 6.95. The molecule has 0 spiro atoms. The molecule has 40 heavy (non-hydrogen) atoms. The third-order valence-electron chi connectivity index (χ3n) is 8.40. The molecule has 0 radical (unpaired) electrons. The van der Waals surface area contributed by atoms with Crippen LogP contribution in [-0.4, -0.2) is 53.2 Å². The molecule has 7 nitrogen and oxygen atoms in total. The molecule has 5 rings (SSSR count). The number of esters is 1. The van der Waals surface area contributed by atoms with Crippen LogP contribution >= 0.6 is 23.2 Å². The van der Waals surface area contributed by atoms with E-state index in [1.807, 2.05) is 0 Å². The van der Waals surface area contributed by atoms with Crippen molar-refractivity contribution in [3.63, 3.8) is 0 Å². The molecule has 2 aromatic rings. The van der Waals surface area contributed by atoms with Crippen molar-refractivity contribution in [1.29, 1.82) is 0 Å². The minimum Gasteiger partial charge on any atom is -0.454 e. The number of hydrogen-bond acceptors (Lipinski definition) is 6. The van der Waals surface area contributed by atoms with E-state index in [4.69, 9.17) is 27.9 Å². The van der Waals surface area contributed by atoms with Crippen LogP contribution in [0.5, 0.6) is 0 Å². The van der Waals surface area contributed by atoms with Crippen LogP contribution in [0.15, 0.2) is 42.5 Å². The zero-order chi connectivity index (χ0) is 28.2. The van der Waals surface area contributed by atoms with Crippen LogP contribution in [0.25, 0.3) is 0 Å². The van der Waals surface area contributed by atoms with Crippen LogP contribution in [0.4, 0.5) is 5.69 Å². The Bertz CT molecular complexity index is 1250. The average molecular weight is 586 g/mol. The number of ketones is 1. The maximum Gasteiger partial charge on any atom is 0.338 e. The normalized spacial score (nSPS) is 20.8. The smallest absolute Gasteiger partial charge is 0.338 e. The van der Waals surface area contributed by atoms with Crippen LogP contribution in [0.2, 0.25) is 10.0 Å². The maximum absolute atomic E-state index is 13.7. The number of nitrogens with zero attached hydrogens (tertiary/aromatic N) is 2. The minimum absolute atomic E-state index is 0.179. The van der Waals surface area contributed by atoms with Crippen molar-refractivity contribution in [2.24, 2.45) is 0 Å². The van der Waals surface area contributed by atoms with Gasteiger partial charge in [-0.3, -0.25) is 19.3 Å². The summed E-state index contributed by atoms with van der Waals surface area (Å²) >= 11 is 11.9. The summed E-state index contributed by atoms with van der Waals surface area (Å²) in [4.78, 5) is 55.6. The number of anilines is 1. The highest BCUT2D eigenvalue weighted by molar-refractivity contribution is 6.36. The molecule has 2 aliphatic carbocycles. The van der Waals surface area contributed by atoms with Gasteiger partial charge < -0.3 is 4.74 Å². The van der Waals surface area contributed by atoms with Crippen LogP contribution < -0.4 is 4.90 Å². The third-order valence-corrected chi connectivity index (χ3v) is 8.95. The summed E-state index contributed by atoms with van der Waals surface area (Å²) in [6.07, 6.45) is 11.7. The van der Waals surface area contributed by atoms with Gasteiger partial charge in [-0.05, 0) is 68.1 Å². The van der Waals surface area contributed by atoms with Crippen molar-refractivity contribution in [2.75, 3.05) is 11.5 Å². The van der Waals surface area contributed by atoms with Gasteiger partial charge in [0.05, 0.1) is 28.7 Å². The van der Waals surface area contributed by atoms with Crippen LogP contribution in [-0.2, 0) is 14.3 Å². The van der Waals surface area contributed by atoms with Gasteiger partial charge >= 0.3 is 5.97 Å². The first-order valence-corrected chi connectivity index (χ1v) is 15.0. The first-order valence-electron chi connectivity index (χ1n) is 14.2. The van der Waals surface area contributed by atoms with Crippen LogP contribution in [0.3, 0.4) is 0 Å². The minimum atomic E-state index is -0.692. The molecule has 2 amide bonds. The van der Waals surface area contributed by atoms with Crippen LogP contribution in [0, 0.1) is 0 Å². The van der Waals surface area contributed by atoms with E-state index in [1.165, 1.54) is 73.8 Å². The summed E-state index contributed by atoms with van der Waals surface area (Å²) < 4.78 is 5.19. The number of amides is 2. The molecule has 1 saturated heterocycles. The highest BCUT2D eigenvalue weighted by Gasteiger charge is 2.47. The molecule has 9 heteroatoms. The van der Waals surface area contributed by atoms with Crippen LogP contribution in [0.1, 0.15) is 91.3 Å². The number of carbonyl (C=O) groups is 4. The first kappa shape index (κ1) is 28.8. The van der Waals surface area contributed by atoms with E-state index in [0.29, 0.717) is 22.8 Å². The van der Waals surface area contributed by atoms with Gasteiger partial charge in [0.25, 0.3) is 5.91 Å².